The second kappa shape index (κ2) is 20.9. The Kier molecular flexibility index (Phi) is 13.6. The number of nitrogens with one attached hydrogen (secondary N) is 2. The lowest BCUT2D eigenvalue weighted by Gasteiger charge is -2.28. The number of aromatic nitrogens is 2. The minimum Gasteiger partial charge on any atom is -0.506 e. The van der Waals surface area contributed by atoms with Gasteiger partial charge in [-0.1, -0.05) is 152 Å². The first kappa shape index (κ1) is 44.2. The molecule has 12 nitrogen and oxygen atoms in total. The van der Waals surface area contributed by atoms with Gasteiger partial charge in [-0.05, 0) is 71.8 Å². The predicted octanol–water partition coefficient (Wildman–Crippen LogP) is 9.48. The Labute approximate surface area is 391 Å². The monoisotopic (exact) mass is 900 g/mol. The number of hydrogen-bond donors (Lipinski definition) is 3. The van der Waals surface area contributed by atoms with Crippen molar-refractivity contribution in [3.05, 3.63) is 235 Å². The summed E-state index contributed by atoms with van der Waals surface area (Å²) < 4.78 is 24.8. The Morgan fingerprint density at radius 2 is 0.941 bits per heavy atom. The number of carbonyl (C=O) groups is 3. The molecule has 4 unspecified atom stereocenters. The number of nitrogens with zero attached hydrogens (tertiary/aromatic N) is 2. The van der Waals surface area contributed by atoms with Crippen LogP contribution in [-0.2, 0) is 14.4 Å². The van der Waals surface area contributed by atoms with Gasteiger partial charge in [0.2, 0.25) is 12.2 Å². The molecule has 0 aliphatic rings. The number of ether oxygens (including phenoxy) is 4. The SMILES string of the molecule is O=C(COc1ccccc1)NC(c1ccccc1)c1ccc2cccc(OC(=O)C(Oc3ccccc3)C(Oc3ccccc3)C(=O)NC(c3ccccc3)c3ccc4cccc(O)c4n3)c2n1. The molecule has 0 aliphatic carbocycles. The number of esters is 1. The second-order valence-electron chi connectivity index (χ2n) is 15.6. The van der Waals surface area contributed by atoms with Crippen molar-refractivity contribution in [1.29, 1.82) is 0 Å². The molecule has 4 atom stereocenters. The van der Waals surface area contributed by atoms with E-state index in [2.05, 4.69) is 10.6 Å². The molecule has 0 fully saturated rings. The van der Waals surface area contributed by atoms with E-state index in [0.717, 1.165) is 5.56 Å². The molecule has 336 valence electrons. The average Bonchev–Trinajstić information content (AvgIpc) is 3.39. The van der Waals surface area contributed by atoms with Gasteiger partial charge in [0.25, 0.3) is 11.8 Å². The van der Waals surface area contributed by atoms with Crippen LogP contribution in [0.4, 0.5) is 0 Å². The zero-order chi connectivity index (χ0) is 46.7. The molecule has 0 radical (unpaired) electrons. The first-order chi connectivity index (χ1) is 33.4. The van der Waals surface area contributed by atoms with Crippen molar-refractivity contribution in [1.82, 2.24) is 20.6 Å². The van der Waals surface area contributed by atoms with Crippen molar-refractivity contribution in [3.63, 3.8) is 0 Å². The smallest absolute Gasteiger partial charge is 0.357 e. The molecular formula is C56H44N4O8. The zero-order valence-electron chi connectivity index (χ0n) is 36.4. The maximum Gasteiger partial charge on any atom is 0.357 e. The first-order valence-electron chi connectivity index (χ1n) is 21.9. The molecule has 9 aromatic rings. The van der Waals surface area contributed by atoms with Gasteiger partial charge >= 0.3 is 5.97 Å². The number of benzene rings is 7. The zero-order valence-corrected chi connectivity index (χ0v) is 36.4. The van der Waals surface area contributed by atoms with Gasteiger partial charge in [0.1, 0.15) is 34.0 Å². The third kappa shape index (κ3) is 10.6. The Balaban J connectivity index is 1.07. The number of carbonyl (C=O) groups excluding carboxylic acids is 3. The van der Waals surface area contributed by atoms with Crippen molar-refractivity contribution in [3.8, 4) is 28.7 Å². The predicted molar refractivity (Wildman–Crippen MR) is 257 cm³/mol. The topological polar surface area (TPSA) is 158 Å². The van der Waals surface area contributed by atoms with Crippen LogP contribution < -0.4 is 29.6 Å². The normalized spacial score (nSPS) is 12.8. The number of aromatic hydroxyl groups is 1. The highest BCUT2D eigenvalue weighted by molar-refractivity contribution is 5.93. The van der Waals surface area contributed by atoms with Gasteiger partial charge < -0.3 is 34.7 Å². The van der Waals surface area contributed by atoms with Crippen LogP contribution in [0.5, 0.6) is 28.7 Å². The van der Waals surface area contributed by atoms with E-state index in [1.54, 1.807) is 109 Å². The molecule has 0 bridgehead atoms. The molecular weight excluding hydrogens is 857 g/mol. The number of hydrogen-bond acceptors (Lipinski definition) is 10. The van der Waals surface area contributed by atoms with Crippen molar-refractivity contribution in [2.45, 2.75) is 24.3 Å². The summed E-state index contributed by atoms with van der Waals surface area (Å²) in [4.78, 5) is 53.2. The van der Waals surface area contributed by atoms with E-state index in [1.165, 1.54) is 0 Å². The van der Waals surface area contributed by atoms with Gasteiger partial charge in [-0.3, -0.25) is 9.59 Å². The number of rotatable bonds is 17. The second-order valence-corrected chi connectivity index (χ2v) is 15.6. The first-order valence-corrected chi connectivity index (χ1v) is 21.9. The molecule has 3 N–H and O–H groups in total. The van der Waals surface area contributed by atoms with E-state index in [4.69, 9.17) is 28.9 Å². The third-order valence-electron chi connectivity index (χ3n) is 11.0. The lowest BCUT2D eigenvalue weighted by molar-refractivity contribution is -0.152. The summed E-state index contributed by atoms with van der Waals surface area (Å²) in [6, 6.07) is 60.7. The number of amides is 2. The molecule has 68 heavy (non-hydrogen) atoms. The van der Waals surface area contributed by atoms with Crippen LogP contribution in [0.25, 0.3) is 21.8 Å². The van der Waals surface area contributed by atoms with Gasteiger partial charge in [0.05, 0.1) is 23.5 Å². The summed E-state index contributed by atoms with van der Waals surface area (Å²) in [5.41, 5.74) is 2.99. The van der Waals surface area contributed by atoms with Crippen LogP contribution in [-0.4, -0.2) is 51.7 Å². The average molecular weight is 901 g/mol. The van der Waals surface area contributed by atoms with Crippen LogP contribution in [0, 0.1) is 0 Å². The van der Waals surface area contributed by atoms with E-state index in [1.807, 2.05) is 103 Å². The molecule has 9 rings (SSSR count). The van der Waals surface area contributed by atoms with Gasteiger partial charge in [-0.15, -0.1) is 0 Å². The number of fused-ring (bicyclic) bond motifs is 2. The standard InChI is InChI=1S/C56H44N4O8/c61-46-30-16-22-39-32-34-45(57-51(39)46)50(38-20-8-2-9-21-38)60-55(63)53(66-42-26-12-4-13-27-42)54(67-43-28-14-5-15-29-43)56(64)68-47-31-17-23-40-33-35-44(58-52(40)47)49(37-18-6-1-7-19-37)59-48(62)36-65-41-24-10-3-11-25-41/h1-35,49-50,53-54,61H,36H2,(H,59,62)(H,60,63). The number of para-hydroxylation sites is 5. The summed E-state index contributed by atoms with van der Waals surface area (Å²) in [5.74, 6) is -0.901. The third-order valence-corrected chi connectivity index (χ3v) is 11.0. The fourth-order valence-corrected chi connectivity index (χ4v) is 7.67. The molecule has 2 aromatic heterocycles. The largest absolute Gasteiger partial charge is 0.506 e. The highest BCUT2D eigenvalue weighted by Gasteiger charge is 2.41. The molecule has 0 saturated heterocycles. The van der Waals surface area contributed by atoms with Crippen LogP contribution >= 0.6 is 0 Å². The molecule has 7 aromatic carbocycles. The summed E-state index contributed by atoms with van der Waals surface area (Å²) in [5, 5.41) is 18.3. The molecule has 0 spiro atoms. The summed E-state index contributed by atoms with van der Waals surface area (Å²) in [7, 11) is 0. The summed E-state index contributed by atoms with van der Waals surface area (Å²) >= 11 is 0. The van der Waals surface area contributed by atoms with Crippen LogP contribution in [0.15, 0.2) is 212 Å². The molecule has 12 heteroatoms. The number of pyridine rings is 2. The highest BCUT2D eigenvalue weighted by Crippen LogP contribution is 2.31. The molecule has 0 saturated carbocycles. The number of phenols is 1. The fourth-order valence-electron chi connectivity index (χ4n) is 7.67. The highest BCUT2D eigenvalue weighted by atomic mass is 16.6. The molecule has 0 aliphatic heterocycles. The number of phenolic OH excluding ortho intramolecular Hbond substituents is 1. The lowest BCUT2D eigenvalue weighted by Crippen LogP contribution is -2.53. The van der Waals surface area contributed by atoms with Crippen molar-refractivity contribution in [2.75, 3.05) is 6.61 Å². The quantitative estimate of drug-likeness (QED) is 0.0594. The lowest BCUT2D eigenvalue weighted by atomic mass is 10.0. The van der Waals surface area contributed by atoms with E-state index in [9.17, 15) is 14.7 Å². The van der Waals surface area contributed by atoms with E-state index < -0.39 is 36.2 Å². The van der Waals surface area contributed by atoms with E-state index in [-0.39, 0.29) is 35.5 Å². The summed E-state index contributed by atoms with van der Waals surface area (Å²) in [6.07, 6.45) is -3.36. The van der Waals surface area contributed by atoms with Gasteiger partial charge in [-0.2, -0.15) is 0 Å². The maximum atomic E-state index is 15.0. The molecule has 2 amide bonds. The minimum atomic E-state index is -1.71. The van der Waals surface area contributed by atoms with Crippen molar-refractivity contribution in [2.24, 2.45) is 0 Å². The Morgan fingerprint density at radius 1 is 0.471 bits per heavy atom. The Morgan fingerprint density at radius 3 is 1.51 bits per heavy atom. The van der Waals surface area contributed by atoms with Gasteiger partial charge in [0.15, 0.2) is 12.4 Å². The fraction of sp³-hybridized carbons (Fsp3) is 0.0893. The Hall–Kier alpha value is -9.03. The Bertz CT molecular complexity index is 3150. The van der Waals surface area contributed by atoms with Crippen LogP contribution in [0.2, 0.25) is 0 Å². The van der Waals surface area contributed by atoms with Crippen LogP contribution in [0.1, 0.15) is 34.6 Å². The molecule has 2 heterocycles. The van der Waals surface area contributed by atoms with Crippen LogP contribution in [0.3, 0.4) is 0 Å². The van der Waals surface area contributed by atoms with Crippen molar-refractivity contribution < 1.29 is 38.4 Å². The summed E-state index contributed by atoms with van der Waals surface area (Å²) in [6.45, 7) is -0.235. The minimum absolute atomic E-state index is 0.0179. The van der Waals surface area contributed by atoms with E-state index in [0.29, 0.717) is 44.5 Å². The van der Waals surface area contributed by atoms with Gasteiger partial charge in [0, 0.05) is 10.8 Å². The van der Waals surface area contributed by atoms with Gasteiger partial charge in [-0.25, -0.2) is 14.8 Å². The van der Waals surface area contributed by atoms with E-state index >= 15 is 4.79 Å². The van der Waals surface area contributed by atoms with Crippen molar-refractivity contribution >= 4 is 39.6 Å². The maximum absolute atomic E-state index is 15.0.